The van der Waals surface area contributed by atoms with Crippen molar-refractivity contribution in [3.63, 3.8) is 0 Å². The Bertz CT molecular complexity index is 326. The lowest BCUT2D eigenvalue weighted by Gasteiger charge is -2.18. The van der Waals surface area contributed by atoms with E-state index in [0.717, 1.165) is 12.1 Å². The molecule has 1 aromatic carbocycles. The van der Waals surface area contributed by atoms with E-state index >= 15 is 0 Å². The molecule has 3 heteroatoms. The zero-order valence-electron chi connectivity index (χ0n) is 7.86. The Kier molecular flexibility index (Phi) is 2.39. The minimum atomic E-state index is -1.35. The maximum atomic E-state index is 13.2. The van der Waals surface area contributed by atoms with E-state index in [4.69, 9.17) is 0 Å². The van der Waals surface area contributed by atoms with E-state index in [2.05, 4.69) is 0 Å². The predicted molar refractivity (Wildman–Crippen MR) is 46.3 cm³/mol. The van der Waals surface area contributed by atoms with Gasteiger partial charge in [-0.2, -0.15) is 0 Å². The summed E-state index contributed by atoms with van der Waals surface area (Å²) in [6.07, 6.45) is 0. The van der Waals surface area contributed by atoms with Gasteiger partial charge in [-0.15, -0.1) is 0 Å². The molecule has 0 aliphatic carbocycles. The van der Waals surface area contributed by atoms with E-state index in [1.165, 1.54) is 20.8 Å². The van der Waals surface area contributed by atoms with Crippen LogP contribution in [0.5, 0.6) is 0 Å². The monoisotopic (exact) mass is 186 g/mol. The SMILES string of the molecule is Cc1cc(F)c(C(C)(C)O)cc1F. The highest BCUT2D eigenvalue weighted by Gasteiger charge is 2.21. The van der Waals surface area contributed by atoms with E-state index < -0.39 is 17.2 Å². The molecule has 0 unspecified atom stereocenters. The molecule has 1 aromatic rings. The fourth-order valence-corrected chi connectivity index (χ4v) is 1.12. The van der Waals surface area contributed by atoms with Crippen molar-refractivity contribution in [1.29, 1.82) is 0 Å². The molecule has 0 spiro atoms. The Hall–Kier alpha value is -0.960. The number of aryl methyl sites for hydroxylation is 1. The van der Waals surface area contributed by atoms with Gasteiger partial charge in [0.05, 0.1) is 5.60 Å². The topological polar surface area (TPSA) is 20.2 Å². The normalized spacial score (nSPS) is 11.8. The highest BCUT2D eigenvalue weighted by atomic mass is 19.1. The fraction of sp³-hybridized carbons (Fsp3) is 0.400. The van der Waals surface area contributed by atoms with Crippen molar-refractivity contribution in [2.45, 2.75) is 26.4 Å². The van der Waals surface area contributed by atoms with Gasteiger partial charge in [0.15, 0.2) is 0 Å². The van der Waals surface area contributed by atoms with Gasteiger partial charge in [0, 0.05) is 5.56 Å². The standard InChI is InChI=1S/C10H12F2O/c1-6-4-9(12)7(5-8(6)11)10(2,3)13/h4-5,13H,1-3H3. The minimum Gasteiger partial charge on any atom is -0.386 e. The summed E-state index contributed by atoms with van der Waals surface area (Å²) in [7, 11) is 0. The van der Waals surface area contributed by atoms with Crippen molar-refractivity contribution in [3.8, 4) is 0 Å². The van der Waals surface area contributed by atoms with Crippen molar-refractivity contribution in [3.05, 3.63) is 34.9 Å². The lowest BCUT2D eigenvalue weighted by atomic mass is 9.96. The largest absolute Gasteiger partial charge is 0.386 e. The molecule has 0 aromatic heterocycles. The first kappa shape index (κ1) is 10.1. The molecule has 0 aliphatic rings. The number of aliphatic hydroxyl groups is 1. The summed E-state index contributed by atoms with van der Waals surface area (Å²) < 4.78 is 26.2. The van der Waals surface area contributed by atoms with Gasteiger partial charge in [0.25, 0.3) is 0 Å². The molecule has 0 aliphatic heterocycles. The Morgan fingerprint density at radius 1 is 1.15 bits per heavy atom. The summed E-state index contributed by atoms with van der Waals surface area (Å²) in [5.41, 5.74) is -1.13. The minimum absolute atomic E-state index is 0.0180. The van der Waals surface area contributed by atoms with Gasteiger partial charge in [0.2, 0.25) is 0 Å². The summed E-state index contributed by atoms with van der Waals surface area (Å²) in [5, 5.41) is 9.48. The molecule has 0 atom stereocenters. The average molecular weight is 186 g/mol. The number of benzene rings is 1. The molecule has 0 saturated heterocycles. The third-order valence-electron chi connectivity index (χ3n) is 1.91. The second kappa shape index (κ2) is 3.07. The van der Waals surface area contributed by atoms with Crippen LogP contribution in [0.2, 0.25) is 0 Å². The van der Waals surface area contributed by atoms with E-state index in [9.17, 15) is 13.9 Å². The number of halogens is 2. The molecule has 72 valence electrons. The van der Waals surface area contributed by atoms with Crippen LogP contribution in [0.4, 0.5) is 8.78 Å². The lowest BCUT2D eigenvalue weighted by Crippen LogP contribution is -2.18. The van der Waals surface area contributed by atoms with Crippen LogP contribution in [0, 0.1) is 18.6 Å². The third kappa shape index (κ3) is 2.04. The summed E-state index contributed by atoms with van der Waals surface area (Å²) in [6, 6.07) is 2.12. The smallest absolute Gasteiger partial charge is 0.129 e. The first-order chi connectivity index (χ1) is 5.82. The quantitative estimate of drug-likeness (QED) is 0.714. The maximum Gasteiger partial charge on any atom is 0.129 e. The van der Waals surface area contributed by atoms with Crippen molar-refractivity contribution in [1.82, 2.24) is 0 Å². The molecule has 0 saturated carbocycles. The van der Waals surface area contributed by atoms with Gasteiger partial charge in [0.1, 0.15) is 11.6 Å². The van der Waals surface area contributed by atoms with Gasteiger partial charge in [-0.25, -0.2) is 8.78 Å². The molecular weight excluding hydrogens is 174 g/mol. The van der Waals surface area contributed by atoms with E-state index in [0.29, 0.717) is 0 Å². The molecule has 1 rings (SSSR count). The molecule has 13 heavy (non-hydrogen) atoms. The first-order valence-corrected chi connectivity index (χ1v) is 4.01. The maximum absolute atomic E-state index is 13.2. The summed E-state index contributed by atoms with van der Waals surface area (Å²) in [4.78, 5) is 0. The Morgan fingerprint density at radius 3 is 2.15 bits per heavy atom. The molecule has 0 fully saturated rings. The van der Waals surface area contributed by atoms with Crippen molar-refractivity contribution in [2.75, 3.05) is 0 Å². The first-order valence-electron chi connectivity index (χ1n) is 4.01. The van der Waals surface area contributed by atoms with Crippen LogP contribution < -0.4 is 0 Å². The number of hydrogen-bond acceptors (Lipinski definition) is 1. The van der Waals surface area contributed by atoms with Crippen molar-refractivity contribution in [2.24, 2.45) is 0 Å². The molecule has 0 radical (unpaired) electrons. The molecule has 0 bridgehead atoms. The zero-order valence-corrected chi connectivity index (χ0v) is 7.86. The molecular formula is C10H12F2O. The predicted octanol–water partition coefficient (Wildman–Crippen LogP) is 2.50. The van der Waals surface area contributed by atoms with Gasteiger partial charge in [-0.1, -0.05) is 0 Å². The molecule has 1 N–H and O–H groups in total. The summed E-state index contributed by atoms with van der Waals surface area (Å²) in [6.45, 7) is 4.31. The van der Waals surface area contributed by atoms with Crippen LogP contribution >= 0.6 is 0 Å². The summed E-state index contributed by atoms with van der Waals surface area (Å²) >= 11 is 0. The van der Waals surface area contributed by atoms with Gasteiger partial charge in [-0.05, 0) is 38.5 Å². The van der Waals surface area contributed by atoms with Crippen molar-refractivity contribution >= 4 is 0 Å². The van der Waals surface area contributed by atoms with Crippen LogP contribution in [-0.4, -0.2) is 5.11 Å². The van der Waals surface area contributed by atoms with Gasteiger partial charge >= 0.3 is 0 Å². The Balaban J connectivity index is 3.32. The van der Waals surface area contributed by atoms with Crippen molar-refractivity contribution < 1.29 is 13.9 Å². The van der Waals surface area contributed by atoms with Crippen LogP contribution in [0.3, 0.4) is 0 Å². The number of rotatable bonds is 1. The van der Waals surface area contributed by atoms with Crippen LogP contribution in [-0.2, 0) is 5.60 Å². The Morgan fingerprint density at radius 2 is 1.69 bits per heavy atom. The average Bonchev–Trinajstić information content (AvgIpc) is 1.94. The summed E-state index contributed by atoms with van der Waals surface area (Å²) in [5.74, 6) is -1.08. The highest BCUT2D eigenvalue weighted by molar-refractivity contribution is 5.28. The van der Waals surface area contributed by atoms with Gasteiger partial charge in [-0.3, -0.25) is 0 Å². The number of hydrogen-bond donors (Lipinski definition) is 1. The van der Waals surface area contributed by atoms with Crippen LogP contribution in [0.15, 0.2) is 12.1 Å². The molecule has 0 heterocycles. The van der Waals surface area contributed by atoms with Crippen LogP contribution in [0.1, 0.15) is 25.0 Å². The molecule has 1 nitrogen and oxygen atoms in total. The molecule has 0 amide bonds. The van der Waals surface area contributed by atoms with E-state index in [1.807, 2.05) is 0 Å². The Labute approximate surface area is 76.0 Å². The van der Waals surface area contributed by atoms with E-state index in [1.54, 1.807) is 0 Å². The van der Waals surface area contributed by atoms with Gasteiger partial charge < -0.3 is 5.11 Å². The van der Waals surface area contributed by atoms with E-state index in [-0.39, 0.29) is 11.1 Å². The van der Waals surface area contributed by atoms with Crippen LogP contribution in [0.25, 0.3) is 0 Å². The highest BCUT2D eigenvalue weighted by Crippen LogP contribution is 2.24. The lowest BCUT2D eigenvalue weighted by molar-refractivity contribution is 0.0741. The third-order valence-corrected chi connectivity index (χ3v) is 1.91. The second-order valence-electron chi connectivity index (χ2n) is 3.64. The zero-order chi connectivity index (χ0) is 10.2. The second-order valence-corrected chi connectivity index (χ2v) is 3.64. The fourth-order valence-electron chi connectivity index (χ4n) is 1.12.